The molecule has 11 heteroatoms. The summed E-state index contributed by atoms with van der Waals surface area (Å²) in [6.07, 6.45) is 1.44. The van der Waals surface area contributed by atoms with Crippen molar-refractivity contribution >= 4 is 40.9 Å². The second kappa shape index (κ2) is 7.06. The van der Waals surface area contributed by atoms with Crippen molar-refractivity contribution in [1.82, 2.24) is 14.2 Å². The highest BCUT2D eigenvalue weighted by Gasteiger charge is 2.61. The van der Waals surface area contributed by atoms with E-state index < -0.39 is 52.6 Å². The van der Waals surface area contributed by atoms with Crippen LogP contribution in [0, 0.1) is 5.41 Å². The SMILES string of the molecule is CC(=O)N(C1C(=O)N2CC(CO)(C(=O)O)CS[C@H]12)[S+]([O-])c1ccccn1. The molecule has 0 aromatic carbocycles. The number of β-lactam (4-membered cyclic amide) rings is 1. The van der Waals surface area contributed by atoms with Crippen molar-refractivity contribution in [1.29, 1.82) is 0 Å². The molecule has 2 fully saturated rings. The van der Waals surface area contributed by atoms with Gasteiger partial charge in [0.25, 0.3) is 16.8 Å². The Labute approximate surface area is 156 Å². The number of pyridine rings is 1. The Morgan fingerprint density at radius 2 is 2.27 bits per heavy atom. The minimum Gasteiger partial charge on any atom is -0.586 e. The molecular weight excluding hydrogens is 382 g/mol. The molecule has 3 rings (SSSR count). The maximum absolute atomic E-state index is 12.8. The lowest BCUT2D eigenvalue weighted by Gasteiger charge is -2.54. The lowest BCUT2D eigenvalue weighted by atomic mass is 9.88. The summed E-state index contributed by atoms with van der Waals surface area (Å²) in [5.74, 6) is -2.11. The summed E-state index contributed by atoms with van der Waals surface area (Å²) in [5.41, 5.74) is -1.43. The first-order valence-electron chi connectivity index (χ1n) is 7.71. The van der Waals surface area contributed by atoms with Crippen LogP contribution < -0.4 is 0 Å². The quantitative estimate of drug-likeness (QED) is 0.490. The third-order valence-electron chi connectivity index (χ3n) is 4.43. The van der Waals surface area contributed by atoms with Gasteiger partial charge in [-0.05, 0) is 6.07 Å². The molecule has 2 aliphatic rings. The third-order valence-corrected chi connectivity index (χ3v) is 7.45. The van der Waals surface area contributed by atoms with Crippen LogP contribution in [0.2, 0.25) is 0 Å². The zero-order valence-electron chi connectivity index (χ0n) is 13.8. The number of carboxylic acid groups (broad SMARTS) is 1. The van der Waals surface area contributed by atoms with Crippen LogP contribution in [0.3, 0.4) is 0 Å². The molecule has 0 aliphatic carbocycles. The van der Waals surface area contributed by atoms with E-state index in [1.165, 1.54) is 24.1 Å². The van der Waals surface area contributed by atoms with E-state index in [1.54, 1.807) is 12.1 Å². The fourth-order valence-corrected chi connectivity index (χ4v) is 5.79. The Balaban J connectivity index is 1.83. The van der Waals surface area contributed by atoms with Gasteiger partial charge < -0.3 is 19.7 Å². The van der Waals surface area contributed by atoms with Gasteiger partial charge in [-0.2, -0.15) is 0 Å². The van der Waals surface area contributed by atoms with E-state index >= 15 is 0 Å². The average molecular weight is 399 g/mol. The molecule has 0 bridgehead atoms. The molecule has 1 aromatic heterocycles. The molecule has 4 atom stereocenters. The van der Waals surface area contributed by atoms with Gasteiger partial charge in [0.1, 0.15) is 22.2 Å². The number of thioether (sulfide) groups is 1. The Morgan fingerprint density at radius 3 is 2.81 bits per heavy atom. The minimum absolute atomic E-state index is 0.0890. The number of hydrogen-bond acceptors (Lipinski definition) is 7. The fraction of sp³-hybridized carbons (Fsp3) is 0.467. The highest BCUT2D eigenvalue weighted by atomic mass is 32.2. The van der Waals surface area contributed by atoms with Gasteiger partial charge in [0.15, 0.2) is 6.04 Å². The number of aliphatic hydroxyl groups excluding tert-OH is 1. The molecule has 2 amide bonds. The van der Waals surface area contributed by atoms with Crippen LogP contribution in [0.4, 0.5) is 0 Å². The monoisotopic (exact) mass is 399 g/mol. The van der Waals surface area contributed by atoms with E-state index in [0.29, 0.717) is 0 Å². The van der Waals surface area contributed by atoms with Crippen molar-refractivity contribution in [2.24, 2.45) is 5.41 Å². The predicted molar refractivity (Wildman–Crippen MR) is 92.1 cm³/mol. The van der Waals surface area contributed by atoms with Gasteiger partial charge in [-0.15, -0.1) is 16.1 Å². The number of carbonyl (C=O) groups excluding carboxylic acids is 2. The lowest BCUT2D eigenvalue weighted by molar-refractivity contribution is -0.164. The van der Waals surface area contributed by atoms with E-state index in [-0.39, 0.29) is 17.3 Å². The van der Waals surface area contributed by atoms with E-state index in [9.17, 15) is 29.1 Å². The summed E-state index contributed by atoms with van der Waals surface area (Å²) >= 11 is -0.791. The highest BCUT2D eigenvalue weighted by Crippen LogP contribution is 2.44. The van der Waals surface area contributed by atoms with Gasteiger partial charge in [-0.3, -0.25) is 14.4 Å². The molecule has 0 spiro atoms. The molecule has 3 unspecified atom stereocenters. The Hall–Kier alpha value is -1.82. The summed E-state index contributed by atoms with van der Waals surface area (Å²) in [6.45, 7) is 0.486. The largest absolute Gasteiger partial charge is 0.586 e. The zero-order chi connectivity index (χ0) is 19.1. The first kappa shape index (κ1) is 19.0. The van der Waals surface area contributed by atoms with Crippen molar-refractivity contribution in [3.63, 3.8) is 0 Å². The smallest absolute Gasteiger partial charge is 0.314 e. The normalized spacial score (nSPS) is 28.7. The minimum atomic E-state index is -1.95. The second-order valence-electron chi connectivity index (χ2n) is 6.12. The summed E-state index contributed by atoms with van der Waals surface area (Å²) in [7, 11) is 0. The van der Waals surface area contributed by atoms with Gasteiger partial charge in [0.05, 0.1) is 6.61 Å². The molecule has 0 saturated carbocycles. The topological polar surface area (TPSA) is 134 Å². The number of hydrogen-bond donors (Lipinski definition) is 2. The maximum Gasteiger partial charge on any atom is 0.314 e. The van der Waals surface area contributed by atoms with Gasteiger partial charge in [-0.25, -0.2) is 4.98 Å². The second-order valence-corrected chi connectivity index (χ2v) is 8.53. The summed E-state index contributed by atoms with van der Waals surface area (Å²) < 4.78 is 13.8. The van der Waals surface area contributed by atoms with Crippen molar-refractivity contribution in [3.05, 3.63) is 24.4 Å². The Bertz CT molecular complexity index is 735. The molecule has 2 N–H and O–H groups in total. The number of rotatable bonds is 5. The fourth-order valence-electron chi connectivity index (χ4n) is 2.95. The van der Waals surface area contributed by atoms with Crippen molar-refractivity contribution in [3.8, 4) is 0 Å². The van der Waals surface area contributed by atoms with Gasteiger partial charge in [0, 0.05) is 31.5 Å². The molecule has 1 aromatic rings. The summed E-state index contributed by atoms with van der Waals surface area (Å²) in [6, 6.07) is 3.82. The number of amides is 2. The number of aromatic nitrogens is 1. The standard InChI is InChI=1S/C15H17N3O6S2/c1-9(20)18(26(24)10-4-2-3-5-16-10)11-12(21)17-6-15(7-19,14(22)23)8-25-13(11)17/h2-5,11,13,19H,6-8H2,1H3,(H,22,23)/t11?,13-,15?,26?/m1/s1. The first-order chi connectivity index (χ1) is 12.3. The molecule has 2 aliphatic heterocycles. The van der Waals surface area contributed by atoms with E-state index in [1.807, 2.05) is 0 Å². The van der Waals surface area contributed by atoms with Crippen molar-refractivity contribution in [2.45, 2.75) is 23.4 Å². The zero-order valence-corrected chi connectivity index (χ0v) is 15.4. The molecule has 140 valence electrons. The Morgan fingerprint density at radius 1 is 1.54 bits per heavy atom. The Kier molecular flexibility index (Phi) is 5.15. The van der Waals surface area contributed by atoms with Gasteiger partial charge >= 0.3 is 5.97 Å². The molecule has 26 heavy (non-hydrogen) atoms. The number of aliphatic hydroxyl groups is 1. The van der Waals surface area contributed by atoms with Crippen LogP contribution in [0.5, 0.6) is 0 Å². The number of nitrogens with zero attached hydrogens (tertiary/aromatic N) is 3. The van der Waals surface area contributed by atoms with Crippen LogP contribution >= 0.6 is 11.8 Å². The van der Waals surface area contributed by atoms with Crippen LogP contribution in [0.15, 0.2) is 29.4 Å². The van der Waals surface area contributed by atoms with Crippen LogP contribution in [0.1, 0.15) is 6.92 Å². The number of carbonyl (C=O) groups is 3. The van der Waals surface area contributed by atoms with Gasteiger partial charge in [0.2, 0.25) is 0 Å². The summed E-state index contributed by atoms with van der Waals surface area (Å²) in [5, 5.41) is 18.5. The molecule has 3 heterocycles. The van der Waals surface area contributed by atoms with Crippen LogP contribution in [0.25, 0.3) is 0 Å². The molecule has 2 saturated heterocycles. The lowest BCUT2D eigenvalue weighted by Crippen LogP contribution is -2.75. The van der Waals surface area contributed by atoms with E-state index in [2.05, 4.69) is 4.98 Å². The average Bonchev–Trinajstić information content (AvgIpc) is 2.65. The molecule has 9 nitrogen and oxygen atoms in total. The van der Waals surface area contributed by atoms with Crippen LogP contribution in [-0.4, -0.2) is 77.1 Å². The maximum atomic E-state index is 12.8. The summed E-state index contributed by atoms with van der Waals surface area (Å²) in [4.78, 5) is 41.5. The third kappa shape index (κ3) is 2.94. The van der Waals surface area contributed by atoms with E-state index in [0.717, 1.165) is 16.1 Å². The molecule has 0 radical (unpaired) electrons. The van der Waals surface area contributed by atoms with Crippen LogP contribution in [-0.2, 0) is 25.7 Å². The predicted octanol–water partition coefficient (Wildman–Crippen LogP) is -0.700. The number of carboxylic acids is 1. The highest BCUT2D eigenvalue weighted by molar-refractivity contribution is 8.00. The van der Waals surface area contributed by atoms with Gasteiger partial charge in [-0.1, -0.05) is 6.07 Å². The van der Waals surface area contributed by atoms with Crippen molar-refractivity contribution in [2.75, 3.05) is 18.9 Å². The number of aliphatic carboxylic acids is 1. The van der Waals surface area contributed by atoms with Crippen molar-refractivity contribution < 1.29 is 29.1 Å². The molecular formula is C15H17N3O6S2. The first-order valence-corrected chi connectivity index (χ1v) is 9.87. The number of fused-ring (bicyclic) bond motifs is 1. The van der Waals surface area contributed by atoms with E-state index in [4.69, 9.17) is 0 Å².